The third kappa shape index (κ3) is 4.44. The van der Waals surface area contributed by atoms with Gasteiger partial charge in [0.25, 0.3) is 0 Å². The fourth-order valence-electron chi connectivity index (χ4n) is 3.87. The summed E-state index contributed by atoms with van der Waals surface area (Å²) in [7, 11) is 0. The van der Waals surface area contributed by atoms with Gasteiger partial charge in [-0.05, 0) is 123 Å². The Morgan fingerprint density at radius 1 is 0.606 bits per heavy atom. The van der Waals surface area contributed by atoms with Gasteiger partial charge in [0.15, 0.2) is 0 Å². The molecule has 0 aliphatic rings. The first-order chi connectivity index (χ1) is 15.7. The van der Waals surface area contributed by atoms with Crippen molar-refractivity contribution in [1.29, 1.82) is 0 Å². The summed E-state index contributed by atoms with van der Waals surface area (Å²) in [5.41, 5.74) is 6.25. The van der Waals surface area contributed by atoms with Gasteiger partial charge in [-0.3, -0.25) is 0 Å². The van der Waals surface area contributed by atoms with Gasteiger partial charge in [-0.2, -0.15) is 0 Å². The van der Waals surface area contributed by atoms with Crippen LogP contribution in [0.4, 0.5) is 17.1 Å². The zero-order valence-corrected chi connectivity index (χ0v) is 19.1. The molecule has 0 aliphatic heterocycles. The Labute approximate surface area is 193 Å². The lowest BCUT2D eigenvalue weighted by molar-refractivity contribution is 0.457. The summed E-state index contributed by atoms with van der Waals surface area (Å²) in [6.45, 7) is 7.68. The van der Waals surface area contributed by atoms with Crippen molar-refractivity contribution in [2.75, 3.05) is 4.90 Å². The quantitative estimate of drug-likeness (QED) is 0.303. The molecule has 0 bridgehead atoms. The Balaban J connectivity index is 1.74. The maximum atomic E-state index is 9.90. The van der Waals surface area contributed by atoms with Gasteiger partial charge in [0, 0.05) is 17.1 Å². The molecule has 33 heavy (non-hydrogen) atoms. The zero-order chi connectivity index (χ0) is 23.7. The SMILES string of the molecule is Cc1cc(O)ccc1N(c1ccc(Oc2ccc(O)c(C)c2C)cc1)c1ccc(O)cc1C. The number of hydrogen-bond acceptors (Lipinski definition) is 5. The summed E-state index contributed by atoms with van der Waals surface area (Å²) in [6, 6.07) is 21.7. The van der Waals surface area contributed by atoms with Crippen molar-refractivity contribution in [1.82, 2.24) is 0 Å². The predicted octanol–water partition coefficient (Wildman–Crippen LogP) is 7.30. The minimum Gasteiger partial charge on any atom is -0.508 e. The van der Waals surface area contributed by atoms with Gasteiger partial charge >= 0.3 is 0 Å². The van der Waals surface area contributed by atoms with Crippen LogP contribution in [0.25, 0.3) is 0 Å². The highest BCUT2D eigenvalue weighted by molar-refractivity contribution is 5.80. The molecule has 0 heterocycles. The van der Waals surface area contributed by atoms with E-state index < -0.39 is 0 Å². The number of nitrogens with zero attached hydrogens (tertiary/aromatic N) is 1. The maximum Gasteiger partial charge on any atom is 0.130 e. The van der Waals surface area contributed by atoms with Gasteiger partial charge in [-0.15, -0.1) is 0 Å². The van der Waals surface area contributed by atoms with E-state index in [2.05, 4.69) is 4.90 Å². The highest BCUT2D eigenvalue weighted by atomic mass is 16.5. The normalized spacial score (nSPS) is 10.8. The summed E-state index contributed by atoms with van der Waals surface area (Å²) in [4.78, 5) is 2.09. The van der Waals surface area contributed by atoms with E-state index >= 15 is 0 Å². The van der Waals surface area contributed by atoms with Crippen molar-refractivity contribution in [2.24, 2.45) is 0 Å². The largest absolute Gasteiger partial charge is 0.508 e. The molecule has 4 aromatic rings. The van der Waals surface area contributed by atoms with Gasteiger partial charge in [0.2, 0.25) is 0 Å². The number of aromatic hydroxyl groups is 3. The second-order valence-corrected chi connectivity index (χ2v) is 8.21. The van der Waals surface area contributed by atoms with Crippen LogP contribution in [-0.2, 0) is 0 Å². The van der Waals surface area contributed by atoms with E-state index in [1.54, 1.807) is 36.4 Å². The molecule has 0 fully saturated rings. The Hall–Kier alpha value is -4.12. The number of ether oxygens (including phenoxy) is 1. The van der Waals surface area contributed by atoms with E-state index in [0.717, 1.165) is 39.3 Å². The first-order valence-electron chi connectivity index (χ1n) is 10.7. The van der Waals surface area contributed by atoms with E-state index in [4.69, 9.17) is 4.74 Å². The first-order valence-corrected chi connectivity index (χ1v) is 10.7. The van der Waals surface area contributed by atoms with Crippen molar-refractivity contribution >= 4 is 17.1 Å². The van der Waals surface area contributed by atoms with E-state index in [-0.39, 0.29) is 17.2 Å². The topological polar surface area (TPSA) is 73.2 Å². The monoisotopic (exact) mass is 441 g/mol. The summed E-state index contributed by atoms with van der Waals surface area (Å²) in [5, 5.41) is 29.7. The third-order valence-corrected chi connectivity index (χ3v) is 5.87. The number of phenolic OH excluding ortho intramolecular Hbond substituents is 3. The number of anilines is 3. The Morgan fingerprint density at radius 2 is 1.15 bits per heavy atom. The van der Waals surface area contributed by atoms with Crippen LogP contribution in [0.3, 0.4) is 0 Å². The van der Waals surface area contributed by atoms with Crippen molar-refractivity contribution in [3.05, 3.63) is 95.1 Å². The minimum atomic E-state index is 0.210. The van der Waals surface area contributed by atoms with Crippen LogP contribution in [0.2, 0.25) is 0 Å². The number of rotatable bonds is 5. The second-order valence-electron chi connectivity index (χ2n) is 8.21. The molecule has 0 amide bonds. The molecule has 5 nitrogen and oxygen atoms in total. The van der Waals surface area contributed by atoms with Crippen molar-refractivity contribution in [2.45, 2.75) is 27.7 Å². The van der Waals surface area contributed by atoms with E-state index in [9.17, 15) is 15.3 Å². The molecular formula is C28H27NO4. The molecule has 4 rings (SSSR count). The van der Waals surface area contributed by atoms with Crippen LogP contribution < -0.4 is 9.64 Å². The number of hydrogen-bond donors (Lipinski definition) is 3. The standard InChI is InChI=1S/C28H27NO4/c1-17-15-22(30)7-11-25(17)29(26-12-8-23(31)16-18(26)2)21-5-9-24(10-6-21)33-28-14-13-27(32)19(3)20(28)4/h5-16,30-32H,1-4H3. The number of benzene rings is 4. The van der Waals surface area contributed by atoms with Crippen LogP contribution in [0.1, 0.15) is 22.3 Å². The number of aryl methyl sites for hydroxylation is 2. The molecule has 0 radical (unpaired) electrons. The molecule has 0 aliphatic carbocycles. The number of phenols is 3. The average molecular weight is 442 g/mol. The lowest BCUT2D eigenvalue weighted by Crippen LogP contribution is -2.12. The molecule has 5 heteroatoms. The molecule has 0 aromatic heterocycles. The molecule has 0 spiro atoms. The predicted molar refractivity (Wildman–Crippen MR) is 132 cm³/mol. The summed E-state index contributed by atoms with van der Waals surface area (Å²) < 4.78 is 6.07. The average Bonchev–Trinajstić information content (AvgIpc) is 2.78. The van der Waals surface area contributed by atoms with Crippen LogP contribution in [0.15, 0.2) is 72.8 Å². The summed E-state index contributed by atoms with van der Waals surface area (Å²) in [6.07, 6.45) is 0. The van der Waals surface area contributed by atoms with Crippen molar-refractivity contribution in [3.63, 3.8) is 0 Å². The zero-order valence-electron chi connectivity index (χ0n) is 19.1. The van der Waals surface area contributed by atoms with Gasteiger partial charge in [0.05, 0.1) is 0 Å². The van der Waals surface area contributed by atoms with Gasteiger partial charge in [0.1, 0.15) is 28.7 Å². The van der Waals surface area contributed by atoms with Crippen LogP contribution in [0.5, 0.6) is 28.7 Å². The highest BCUT2D eigenvalue weighted by Gasteiger charge is 2.17. The van der Waals surface area contributed by atoms with Crippen molar-refractivity contribution in [3.8, 4) is 28.7 Å². The van der Waals surface area contributed by atoms with E-state index in [1.165, 1.54) is 0 Å². The van der Waals surface area contributed by atoms with Crippen LogP contribution >= 0.6 is 0 Å². The lowest BCUT2D eigenvalue weighted by Gasteiger charge is -2.28. The van der Waals surface area contributed by atoms with Crippen LogP contribution in [0, 0.1) is 27.7 Å². The lowest BCUT2D eigenvalue weighted by atomic mass is 10.1. The molecule has 0 saturated heterocycles. The van der Waals surface area contributed by atoms with Gasteiger partial charge < -0.3 is 25.0 Å². The molecular weight excluding hydrogens is 414 g/mol. The molecule has 0 saturated carbocycles. The molecule has 4 aromatic carbocycles. The molecule has 0 atom stereocenters. The second kappa shape index (κ2) is 8.79. The Bertz CT molecular complexity index is 1260. The fourth-order valence-corrected chi connectivity index (χ4v) is 3.87. The minimum absolute atomic E-state index is 0.210. The molecule has 0 unspecified atom stereocenters. The molecule has 3 N–H and O–H groups in total. The van der Waals surface area contributed by atoms with E-state index in [1.807, 2.05) is 64.1 Å². The van der Waals surface area contributed by atoms with Crippen LogP contribution in [-0.4, -0.2) is 15.3 Å². The highest BCUT2D eigenvalue weighted by Crippen LogP contribution is 2.41. The van der Waals surface area contributed by atoms with Gasteiger partial charge in [-0.25, -0.2) is 0 Å². The Kier molecular flexibility index (Phi) is 5.88. The summed E-state index contributed by atoms with van der Waals surface area (Å²) >= 11 is 0. The summed E-state index contributed by atoms with van der Waals surface area (Å²) in [5.74, 6) is 2.04. The van der Waals surface area contributed by atoms with Crippen molar-refractivity contribution < 1.29 is 20.1 Å². The first kappa shape index (κ1) is 22.1. The fraction of sp³-hybridized carbons (Fsp3) is 0.143. The third-order valence-electron chi connectivity index (χ3n) is 5.87. The van der Waals surface area contributed by atoms with Gasteiger partial charge in [-0.1, -0.05) is 0 Å². The maximum absolute atomic E-state index is 9.90. The Morgan fingerprint density at radius 3 is 1.67 bits per heavy atom. The smallest absolute Gasteiger partial charge is 0.130 e. The van der Waals surface area contributed by atoms with E-state index in [0.29, 0.717) is 11.5 Å². The molecule has 168 valence electrons.